The summed E-state index contributed by atoms with van der Waals surface area (Å²) in [4.78, 5) is 11.2. The molecule has 0 amide bonds. The number of alkyl halides is 3. The molecule has 1 aromatic rings. The number of carbonyl (C=O) groups is 1. The topological polar surface area (TPSA) is 35.5 Å². The van der Waals surface area contributed by atoms with Crippen LogP contribution in [-0.4, -0.2) is 19.7 Å². The Bertz CT molecular complexity index is 424. The third-order valence-electron chi connectivity index (χ3n) is 1.91. The van der Waals surface area contributed by atoms with Crippen LogP contribution in [0, 0.1) is 5.82 Å². The number of esters is 1. The Labute approximate surface area is 100 Å². The molecule has 0 bridgehead atoms. The molecule has 3 nitrogen and oxygen atoms in total. The molecule has 17 heavy (non-hydrogen) atoms. The minimum Gasteiger partial charge on any atom is -0.465 e. The molecule has 0 radical (unpaired) electrons. The smallest absolute Gasteiger partial charge is 0.387 e. The van der Waals surface area contributed by atoms with Crippen LogP contribution in [0.3, 0.4) is 0 Å². The number of halogens is 4. The molecule has 0 saturated carbocycles. The first-order valence-electron chi connectivity index (χ1n) is 4.41. The molecule has 1 rings (SSSR count). The van der Waals surface area contributed by atoms with Gasteiger partial charge in [0.2, 0.25) is 0 Å². The van der Waals surface area contributed by atoms with E-state index in [1.807, 2.05) is 0 Å². The first-order chi connectivity index (χ1) is 7.99. The molecule has 0 spiro atoms. The van der Waals surface area contributed by atoms with Crippen molar-refractivity contribution in [3.63, 3.8) is 0 Å². The number of hydrogen-bond acceptors (Lipinski definition) is 3. The zero-order valence-electron chi connectivity index (χ0n) is 8.68. The van der Waals surface area contributed by atoms with Crippen molar-refractivity contribution >= 4 is 17.6 Å². The molecule has 0 unspecified atom stereocenters. The van der Waals surface area contributed by atoms with E-state index in [0.29, 0.717) is 0 Å². The maximum atomic E-state index is 13.3. The predicted octanol–water partition coefficient (Wildman–Crippen LogP) is 2.95. The van der Waals surface area contributed by atoms with Gasteiger partial charge in [0.15, 0.2) is 0 Å². The molecule has 0 aliphatic rings. The van der Waals surface area contributed by atoms with E-state index in [1.54, 1.807) is 0 Å². The van der Waals surface area contributed by atoms with E-state index in [9.17, 15) is 18.0 Å². The van der Waals surface area contributed by atoms with Crippen molar-refractivity contribution in [2.45, 2.75) is 12.5 Å². The average molecular weight is 269 g/mol. The van der Waals surface area contributed by atoms with Crippen LogP contribution in [0.5, 0.6) is 5.75 Å². The van der Waals surface area contributed by atoms with E-state index < -0.39 is 29.7 Å². The quantitative estimate of drug-likeness (QED) is 0.622. The van der Waals surface area contributed by atoms with Crippen molar-refractivity contribution in [3.8, 4) is 5.75 Å². The normalized spacial score (nSPS) is 10.5. The molecule has 0 aliphatic heterocycles. The maximum Gasteiger partial charge on any atom is 0.387 e. The molecule has 1 aromatic carbocycles. The first kappa shape index (κ1) is 13.6. The van der Waals surface area contributed by atoms with Gasteiger partial charge in [-0.25, -0.2) is 9.18 Å². The van der Waals surface area contributed by atoms with Crippen molar-refractivity contribution < 1.29 is 27.4 Å². The fourth-order valence-corrected chi connectivity index (χ4v) is 1.37. The molecule has 0 aromatic heterocycles. The van der Waals surface area contributed by atoms with Gasteiger partial charge in [0.25, 0.3) is 0 Å². The lowest BCUT2D eigenvalue weighted by Crippen LogP contribution is -2.10. The van der Waals surface area contributed by atoms with Crippen LogP contribution < -0.4 is 4.74 Å². The number of hydrogen-bond donors (Lipinski definition) is 0. The monoisotopic (exact) mass is 268 g/mol. The highest BCUT2D eigenvalue weighted by molar-refractivity contribution is 6.17. The van der Waals surface area contributed by atoms with Gasteiger partial charge in [-0.2, -0.15) is 8.78 Å². The van der Waals surface area contributed by atoms with Crippen LogP contribution in [0.1, 0.15) is 15.9 Å². The Balaban J connectivity index is 3.25. The van der Waals surface area contributed by atoms with Gasteiger partial charge >= 0.3 is 12.6 Å². The van der Waals surface area contributed by atoms with E-state index in [2.05, 4.69) is 9.47 Å². The standard InChI is InChI=1S/C10H8ClF3O3/c1-16-9(15)6-3-7(12)5(4-11)2-8(6)17-10(13)14/h2-3,10H,4H2,1H3. The minimum atomic E-state index is -3.13. The highest BCUT2D eigenvalue weighted by atomic mass is 35.5. The molecule has 0 N–H and O–H groups in total. The number of carbonyl (C=O) groups excluding carboxylic acids is 1. The van der Waals surface area contributed by atoms with Crippen molar-refractivity contribution in [3.05, 3.63) is 29.1 Å². The van der Waals surface area contributed by atoms with Gasteiger partial charge in [0, 0.05) is 5.56 Å². The SMILES string of the molecule is COC(=O)c1cc(F)c(CCl)cc1OC(F)F. The van der Waals surface area contributed by atoms with E-state index in [0.717, 1.165) is 19.2 Å². The third kappa shape index (κ3) is 3.26. The third-order valence-corrected chi connectivity index (χ3v) is 2.20. The summed E-state index contributed by atoms with van der Waals surface area (Å²) in [7, 11) is 1.04. The Morgan fingerprint density at radius 1 is 1.47 bits per heavy atom. The summed E-state index contributed by atoms with van der Waals surface area (Å²) in [5, 5.41) is 0. The molecular formula is C10H8ClF3O3. The summed E-state index contributed by atoms with van der Waals surface area (Å²) in [5.41, 5.74) is -0.464. The van der Waals surface area contributed by atoms with Gasteiger partial charge in [-0.3, -0.25) is 0 Å². The largest absolute Gasteiger partial charge is 0.465 e. The lowest BCUT2D eigenvalue weighted by molar-refractivity contribution is -0.0504. The van der Waals surface area contributed by atoms with Crippen LogP contribution in [0.4, 0.5) is 13.2 Å². The van der Waals surface area contributed by atoms with Crippen molar-refractivity contribution in [2.24, 2.45) is 0 Å². The average Bonchev–Trinajstić information content (AvgIpc) is 2.29. The second-order valence-corrected chi connectivity index (χ2v) is 3.21. The van der Waals surface area contributed by atoms with E-state index in [-0.39, 0.29) is 11.4 Å². The van der Waals surface area contributed by atoms with Crippen molar-refractivity contribution in [1.29, 1.82) is 0 Å². The number of rotatable bonds is 4. The molecule has 0 heterocycles. The van der Waals surface area contributed by atoms with Crippen LogP contribution in [0.15, 0.2) is 12.1 Å². The highest BCUT2D eigenvalue weighted by Crippen LogP contribution is 2.26. The van der Waals surface area contributed by atoms with Gasteiger partial charge in [-0.1, -0.05) is 0 Å². The maximum absolute atomic E-state index is 13.3. The van der Waals surface area contributed by atoms with Crippen molar-refractivity contribution in [2.75, 3.05) is 7.11 Å². The summed E-state index contributed by atoms with van der Waals surface area (Å²) in [5.74, 6) is -2.46. The lowest BCUT2D eigenvalue weighted by Gasteiger charge is -2.11. The Kier molecular flexibility index (Phi) is 4.62. The minimum absolute atomic E-state index is 0.0463. The number of benzene rings is 1. The van der Waals surface area contributed by atoms with Crippen LogP contribution in [0.2, 0.25) is 0 Å². The molecule has 7 heteroatoms. The van der Waals surface area contributed by atoms with Gasteiger partial charge in [-0.15, -0.1) is 11.6 Å². The van der Waals surface area contributed by atoms with Gasteiger partial charge in [-0.05, 0) is 12.1 Å². The Hall–Kier alpha value is -1.43. The second kappa shape index (κ2) is 5.77. The van der Waals surface area contributed by atoms with Crippen LogP contribution >= 0.6 is 11.6 Å². The van der Waals surface area contributed by atoms with Crippen LogP contribution in [-0.2, 0) is 10.6 Å². The second-order valence-electron chi connectivity index (χ2n) is 2.94. The number of ether oxygens (including phenoxy) is 2. The zero-order valence-corrected chi connectivity index (χ0v) is 9.43. The lowest BCUT2D eigenvalue weighted by atomic mass is 10.1. The molecule has 0 aliphatic carbocycles. The number of methoxy groups -OCH3 is 1. The fraction of sp³-hybridized carbons (Fsp3) is 0.300. The summed E-state index contributed by atoms with van der Waals surface area (Å²) < 4.78 is 46.0. The molecule has 0 atom stereocenters. The summed E-state index contributed by atoms with van der Waals surface area (Å²) in [6.07, 6.45) is 0. The fourth-order valence-electron chi connectivity index (χ4n) is 1.16. The van der Waals surface area contributed by atoms with Crippen molar-refractivity contribution in [1.82, 2.24) is 0 Å². The Morgan fingerprint density at radius 3 is 2.59 bits per heavy atom. The summed E-state index contributed by atoms with van der Waals surface area (Å²) in [6.45, 7) is -3.13. The molecule has 94 valence electrons. The van der Waals surface area contributed by atoms with E-state index in [4.69, 9.17) is 11.6 Å². The van der Waals surface area contributed by atoms with Gasteiger partial charge in [0.05, 0.1) is 13.0 Å². The predicted molar refractivity (Wildman–Crippen MR) is 53.9 cm³/mol. The summed E-state index contributed by atoms with van der Waals surface area (Å²) >= 11 is 5.41. The van der Waals surface area contributed by atoms with Gasteiger partial charge in [0.1, 0.15) is 17.1 Å². The van der Waals surface area contributed by atoms with Gasteiger partial charge < -0.3 is 9.47 Å². The summed E-state index contributed by atoms with van der Waals surface area (Å²) in [6, 6.07) is 1.70. The Morgan fingerprint density at radius 2 is 2.12 bits per heavy atom. The van der Waals surface area contributed by atoms with E-state index >= 15 is 0 Å². The van der Waals surface area contributed by atoms with Crippen LogP contribution in [0.25, 0.3) is 0 Å². The molecule has 0 fully saturated rings. The first-order valence-corrected chi connectivity index (χ1v) is 4.94. The molecule has 0 saturated heterocycles. The molecular weight excluding hydrogens is 261 g/mol. The highest BCUT2D eigenvalue weighted by Gasteiger charge is 2.19. The van der Waals surface area contributed by atoms with E-state index in [1.165, 1.54) is 0 Å². The zero-order chi connectivity index (χ0) is 13.0.